The fourth-order valence-corrected chi connectivity index (χ4v) is 4.54. The second kappa shape index (κ2) is 8.34. The smallest absolute Gasteiger partial charge is 0.254 e. The number of rotatable bonds is 3. The summed E-state index contributed by atoms with van der Waals surface area (Å²) in [5.74, 6) is -0.131. The highest BCUT2D eigenvalue weighted by atomic mass is 35.5. The molecule has 5 nitrogen and oxygen atoms in total. The molecule has 1 unspecified atom stereocenters. The largest absolute Gasteiger partial charge is 0.394 e. The van der Waals surface area contributed by atoms with E-state index in [9.17, 15) is 14.7 Å². The van der Waals surface area contributed by atoms with Gasteiger partial charge in [0.2, 0.25) is 0 Å². The number of benzene rings is 2. The number of hydrogen-bond donors (Lipinski definition) is 1. The number of likely N-dealkylation sites (tertiary alicyclic amines) is 1. The highest BCUT2D eigenvalue weighted by Gasteiger charge is 2.32. The molecule has 2 amide bonds. The Morgan fingerprint density at radius 1 is 1.07 bits per heavy atom. The van der Waals surface area contributed by atoms with Crippen LogP contribution < -0.4 is 0 Å². The number of halogens is 2. The highest BCUT2D eigenvalue weighted by Crippen LogP contribution is 2.28. The van der Waals surface area contributed by atoms with E-state index in [1.807, 2.05) is 18.2 Å². The van der Waals surface area contributed by atoms with E-state index in [1.165, 1.54) is 0 Å². The molecule has 1 N–H and O–H groups in total. The van der Waals surface area contributed by atoms with Gasteiger partial charge in [-0.2, -0.15) is 0 Å². The molecule has 0 aromatic heterocycles. The number of nitrogens with zero attached hydrogens (tertiary/aromatic N) is 2. The van der Waals surface area contributed by atoms with Gasteiger partial charge in [-0.25, -0.2) is 0 Å². The lowest BCUT2D eigenvalue weighted by atomic mass is 9.93. The van der Waals surface area contributed by atoms with Crippen molar-refractivity contribution in [1.82, 2.24) is 9.80 Å². The first kappa shape index (κ1) is 20.2. The average molecular weight is 433 g/mol. The normalized spacial score (nSPS) is 18.7. The zero-order valence-corrected chi connectivity index (χ0v) is 17.4. The van der Waals surface area contributed by atoms with Crippen molar-refractivity contribution in [3.8, 4) is 0 Å². The summed E-state index contributed by atoms with van der Waals surface area (Å²) >= 11 is 12.0. The minimum atomic E-state index is -0.106. The standard InChI is InChI=1S/C22H22Cl2N2O3/c23-19-7-6-14(11-20(19)24)21(28)25-10-8-17-15(12-25)3-1-5-18(17)22(29)26-9-2-4-16(26)13-27/h1,3,5-7,11,16,27H,2,4,8-10,12-13H2. The van der Waals surface area contributed by atoms with Gasteiger partial charge in [0.15, 0.2) is 0 Å². The Bertz CT molecular complexity index is 963. The Kier molecular flexibility index (Phi) is 5.81. The average Bonchev–Trinajstić information content (AvgIpc) is 3.22. The number of fused-ring (bicyclic) bond motifs is 1. The molecule has 0 bridgehead atoms. The lowest BCUT2D eigenvalue weighted by molar-refractivity contribution is 0.0675. The van der Waals surface area contributed by atoms with Gasteiger partial charge >= 0.3 is 0 Å². The van der Waals surface area contributed by atoms with Crippen molar-refractivity contribution in [2.24, 2.45) is 0 Å². The van der Waals surface area contributed by atoms with Gasteiger partial charge in [-0.15, -0.1) is 0 Å². The van der Waals surface area contributed by atoms with Crippen molar-refractivity contribution >= 4 is 35.0 Å². The Morgan fingerprint density at radius 2 is 1.90 bits per heavy atom. The molecule has 152 valence electrons. The maximum Gasteiger partial charge on any atom is 0.254 e. The predicted molar refractivity (Wildman–Crippen MR) is 112 cm³/mol. The first-order valence-corrected chi connectivity index (χ1v) is 10.5. The summed E-state index contributed by atoms with van der Waals surface area (Å²) in [7, 11) is 0. The number of carbonyl (C=O) groups excluding carboxylic acids is 2. The van der Waals surface area contributed by atoms with Gasteiger partial charge in [0.05, 0.1) is 22.7 Å². The van der Waals surface area contributed by atoms with Crippen molar-refractivity contribution in [2.75, 3.05) is 19.7 Å². The van der Waals surface area contributed by atoms with Gasteiger partial charge in [0, 0.05) is 30.8 Å². The molecular weight excluding hydrogens is 411 g/mol. The summed E-state index contributed by atoms with van der Waals surface area (Å²) in [5, 5.41) is 10.3. The second-order valence-corrected chi connectivity index (χ2v) is 8.34. The fourth-order valence-electron chi connectivity index (χ4n) is 4.24. The van der Waals surface area contributed by atoms with Crippen LogP contribution in [0.4, 0.5) is 0 Å². The molecular formula is C22H22Cl2N2O3. The van der Waals surface area contributed by atoms with Crippen LogP contribution in [-0.4, -0.2) is 52.5 Å². The van der Waals surface area contributed by atoms with Gasteiger partial charge in [0.25, 0.3) is 11.8 Å². The number of aliphatic hydroxyl groups is 1. The van der Waals surface area contributed by atoms with E-state index in [1.54, 1.807) is 28.0 Å². The lowest BCUT2D eigenvalue weighted by Gasteiger charge is -2.31. The molecule has 0 spiro atoms. The minimum absolute atomic E-state index is 0.00725. The fraction of sp³-hybridized carbons (Fsp3) is 0.364. The van der Waals surface area contributed by atoms with Crippen molar-refractivity contribution < 1.29 is 14.7 Å². The van der Waals surface area contributed by atoms with Crippen LogP contribution >= 0.6 is 23.2 Å². The summed E-state index contributed by atoms with van der Waals surface area (Å²) in [6.45, 7) is 1.64. The number of hydrogen-bond acceptors (Lipinski definition) is 3. The van der Waals surface area contributed by atoms with Gasteiger partial charge < -0.3 is 14.9 Å². The SMILES string of the molecule is O=C(c1ccc(Cl)c(Cl)c1)N1CCc2c(cccc2C(=O)N2CCCC2CO)C1. The van der Waals surface area contributed by atoms with Gasteiger partial charge in [-0.3, -0.25) is 9.59 Å². The van der Waals surface area contributed by atoms with Gasteiger partial charge in [0.1, 0.15) is 0 Å². The molecule has 1 atom stereocenters. The minimum Gasteiger partial charge on any atom is -0.394 e. The zero-order chi connectivity index (χ0) is 20.5. The number of carbonyl (C=O) groups is 2. The van der Waals surface area contributed by atoms with Crippen LogP contribution in [0.15, 0.2) is 36.4 Å². The molecule has 0 aliphatic carbocycles. The summed E-state index contributed by atoms with van der Waals surface area (Å²) in [4.78, 5) is 29.6. The quantitative estimate of drug-likeness (QED) is 0.802. The third-order valence-corrected chi connectivity index (χ3v) is 6.54. The maximum atomic E-state index is 13.1. The third kappa shape index (κ3) is 3.87. The van der Waals surface area contributed by atoms with Crippen molar-refractivity contribution in [1.29, 1.82) is 0 Å². The summed E-state index contributed by atoms with van der Waals surface area (Å²) in [6, 6.07) is 10.5. The van der Waals surface area contributed by atoms with E-state index in [4.69, 9.17) is 23.2 Å². The second-order valence-electron chi connectivity index (χ2n) is 7.53. The number of aliphatic hydroxyl groups excluding tert-OH is 1. The van der Waals surface area contributed by atoms with E-state index in [0.29, 0.717) is 47.2 Å². The third-order valence-electron chi connectivity index (χ3n) is 5.80. The summed E-state index contributed by atoms with van der Waals surface area (Å²) < 4.78 is 0. The molecule has 29 heavy (non-hydrogen) atoms. The van der Waals surface area contributed by atoms with E-state index in [2.05, 4.69) is 0 Å². The van der Waals surface area contributed by atoms with Crippen molar-refractivity contribution in [3.63, 3.8) is 0 Å². The predicted octanol–water partition coefficient (Wildman–Crippen LogP) is 3.79. The molecule has 1 saturated heterocycles. The number of amides is 2. The van der Waals surface area contributed by atoms with Gasteiger partial charge in [-0.05, 0) is 54.7 Å². The van der Waals surface area contributed by atoms with Crippen LogP contribution in [0.1, 0.15) is 44.7 Å². The van der Waals surface area contributed by atoms with E-state index < -0.39 is 0 Å². The molecule has 0 saturated carbocycles. The molecule has 2 aromatic rings. The first-order chi connectivity index (χ1) is 14.0. The monoisotopic (exact) mass is 432 g/mol. The first-order valence-electron chi connectivity index (χ1n) is 9.76. The van der Waals surface area contributed by atoms with E-state index >= 15 is 0 Å². The Balaban J connectivity index is 1.56. The molecule has 4 rings (SSSR count). The molecule has 7 heteroatoms. The van der Waals surface area contributed by atoms with Crippen LogP contribution in [0, 0.1) is 0 Å². The Hall–Kier alpha value is -2.08. The lowest BCUT2D eigenvalue weighted by Crippen LogP contribution is -2.40. The van der Waals surface area contributed by atoms with E-state index in [-0.39, 0.29) is 24.5 Å². The van der Waals surface area contributed by atoms with Crippen LogP contribution in [0.25, 0.3) is 0 Å². The van der Waals surface area contributed by atoms with Crippen LogP contribution in [-0.2, 0) is 13.0 Å². The summed E-state index contributed by atoms with van der Waals surface area (Å²) in [5.41, 5.74) is 3.16. The molecule has 2 aliphatic rings. The van der Waals surface area contributed by atoms with Crippen molar-refractivity contribution in [2.45, 2.75) is 31.8 Å². The van der Waals surface area contributed by atoms with Gasteiger partial charge in [-0.1, -0.05) is 35.3 Å². The topological polar surface area (TPSA) is 60.9 Å². The van der Waals surface area contributed by atoms with Crippen molar-refractivity contribution in [3.05, 3.63) is 68.7 Å². The molecule has 2 aliphatic heterocycles. The molecule has 0 radical (unpaired) electrons. The van der Waals surface area contributed by atoms with Crippen LogP contribution in [0.2, 0.25) is 10.0 Å². The molecule has 2 aromatic carbocycles. The molecule has 2 heterocycles. The van der Waals surface area contributed by atoms with Crippen LogP contribution in [0.5, 0.6) is 0 Å². The highest BCUT2D eigenvalue weighted by molar-refractivity contribution is 6.42. The zero-order valence-electron chi connectivity index (χ0n) is 15.9. The van der Waals surface area contributed by atoms with E-state index in [0.717, 1.165) is 24.0 Å². The Morgan fingerprint density at radius 3 is 2.66 bits per heavy atom. The van der Waals surface area contributed by atoms with Crippen LogP contribution in [0.3, 0.4) is 0 Å². The summed E-state index contributed by atoms with van der Waals surface area (Å²) in [6.07, 6.45) is 2.36. The molecule has 1 fully saturated rings. The Labute approximate surface area is 179 Å². The maximum absolute atomic E-state index is 13.1.